The maximum absolute atomic E-state index is 11.9. The van der Waals surface area contributed by atoms with Crippen LogP contribution in [0.5, 0.6) is 0 Å². The molecule has 4 heteroatoms. The Morgan fingerprint density at radius 3 is 2.68 bits per heavy atom. The number of nitrogens with two attached hydrogens (primary N) is 1. The van der Waals surface area contributed by atoms with Crippen molar-refractivity contribution in [2.24, 2.45) is 0 Å². The first kappa shape index (κ1) is 11.6. The van der Waals surface area contributed by atoms with Gasteiger partial charge in [0.15, 0.2) is 0 Å². The van der Waals surface area contributed by atoms with Gasteiger partial charge in [-0.1, -0.05) is 30.3 Å². The molecule has 0 aliphatic heterocycles. The zero-order chi connectivity index (χ0) is 13.2. The number of H-pyrrole nitrogens is 1. The van der Waals surface area contributed by atoms with Crippen LogP contribution in [-0.4, -0.2) is 9.55 Å². The molecule has 3 aromatic rings. The van der Waals surface area contributed by atoms with Crippen molar-refractivity contribution in [3.8, 4) is 0 Å². The summed E-state index contributed by atoms with van der Waals surface area (Å²) >= 11 is 0. The van der Waals surface area contributed by atoms with E-state index in [-0.39, 0.29) is 5.69 Å². The highest BCUT2D eigenvalue weighted by molar-refractivity contribution is 5.78. The SMILES string of the molecule is Nc1ccc2[nH]c(=O)n(CCc3ccccc3)c2c1. The Morgan fingerprint density at radius 2 is 1.89 bits per heavy atom. The van der Waals surface area contributed by atoms with Crippen molar-refractivity contribution in [1.29, 1.82) is 0 Å². The molecule has 96 valence electrons. The Labute approximate surface area is 110 Å². The standard InChI is InChI=1S/C15H15N3O/c16-12-6-7-13-14(10-12)18(15(19)17-13)9-8-11-4-2-1-3-5-11/h1-7,10H,8-9,16H2,(H,17,19). The van der Waals surface area contributed by atoms with Crippen LogP contribution in [0.25, 0.3) is 11.0 Å². The molecular formula is C15H15N3O. The van der Waals surface area contributed by atoms with Crippen molar-refractivity contribution in [1.82, 2.24) is 9.55 Å². The summed E-state index contributed by atoms with van der Waals surface area (Å²) in [6.07, 6.45) is 0.822. The van der Waals surface area contributed by atoms with Crippen LogP contribution in [0, 0.1) is 0 Å². The summed E-state index contributed by atoms with van der Waals surface area (Å²) in [7, 11) is 0. The number of hydrogen-bond acceptors (Lipinski definition) is 2. The first-order valence-corrected chi connectivity index (χ1v) is 6.26. The van der Waals surface area contributed by atoms with E-state index in [4.69, 9.17) is 5.73 Å². The number of anilines is 1. The number of rotatable bonds is 3. The van der Waals surface area contributed by atoms with Crippen LogP contribution in [0.2, 0.25) is 0 Å². The molecule has 0 amide bonds. The van der Waals surface area contributed by atoms with Crippen LogP contribution in [0.15, 0.2) is 53.3 Å². The largest absolute Gasteiger partial charge is 0.399 e. The summed E-state index contributed by atoms with van der Waals surface area (Å²) in [5.74, 6) is 0. The summed E-state index contributed by atoms with van der Waals surface area (Å²) in [5, 5.41) is 0. The van der Waals surface area contributed by atoms with Gasteiger partial charge in [0.25, 0.3) is 0 Å². The maximum Gasteiger partial charge on any atom is 0.326 e. The molecule has 0 spiro atoms. The summed E-state index contributed by atoms with van der Waals surface area (Å²) in [6, 6.07) is 15.6. The molecule has 0 saturated heterocycles. The maximum atomic E-state index is 11.9. The van der Waals surface area contributed by atoms with Crippen molar-refractivity contribution >= 4 is 16.7 Å². The molecule has 3 rings (SSSR count). The highest BCUT2D eigenvalue weighted by Crippen LogP contribution is 2.14. The molecule has 0 atom stereocenters. The fraction of sp³-hybridized carbons (Fsp3) is 0.133. The van der Waals surface area contributed by atoms with Crippen molar-refractivity contribution in [2.45, 2.75) is 13.0 Å². The highest BCUT2D eigenvalue weighted by Gasteiger charge is 2.06. The topological polar surface area (TPSA) is 63.8 Å². The molecule has 0 fully saturated rings. The minimum absolute atomic E-state index is 0.0865. The van der Waals surface area contributed by atoms with E-state index in [9.17, 15) is 4.79 Å². The normalized spacial score (nSPS) is 10.9. The third kappa shape index (κ3) is 2.25. The number of aromatic nitrogens is 2. The van der Waals surface area contributed by atoms with Crippen molar-refractivity contribution in [2.75, 3.05) is 5.73 Å². The molecule has 0 radical (unpaired) electrons. The molecule has 2 aromatic carbocycles. The minimum atomic E-state index is -0.0865. The van der Waals surface area contributed by atoms with Crippen LogP contribution < -0.4 is 11.4 Å². The van der Waals surface area contributed by atoms with Crippen molar-refractivity contribution < 1.29 is 0 Å². The first-order chi connectivity index (χ1) is 9.24. The van der Waals surface area contributed by atoms with Crippen molar-refractivity contribution in [3.05, 3.63) is 64.6 Å². The van der Waals surface area contributed by atoms with Gasteiger partial charge in [-0.3, -0.25) is 4.57 Å². The monoisotopic (exact) mass is 253 g/mol. The number of aromatic amines is 1. The smallest absolute Gasteiger partial charge is 0.326 e. The Hall–Kier alpha value is -2.49. The Bertz CT molecular complexity index is 756. The number of fused-ring (bicyclic) bond motifs is 1. The highest BCUT2D eigenvalue weighted by atomic mass is 16.1. The molecule has 4 nitrogen and oxygen atoms in total. The molecule has 0 unspecified atom stereocenters. The van der Waals surface area contributed by atoms with E-state index in [1.54, 1.807) is 10.6 Å². The summed E-state index contributed by atoms with van der Waals surface area (Å²) in [5.41, 5.74) is 9.26. The number of nitrogens with one attached hydrogen (secondary N) is 1. The van der Waals surface area contributed by atoms with Gasteiger partial charge in [0.1, 0.15) is 0 Å². The minimum Gasteiger partial charge on any atom is -0.399 e. The second-order valence-corrected chi connectivity index (χ2v) is 4.59. The Morgan fingerprint density at radius 1 is 1.11 bits per heavy atom. The quantitative estimate of drug-likeness (QED) is 0.702. The fourth-order valence-corrected chi connectivity index (χ4v) is 2.28. The lowest BCUT2D eigenvalue weighted by atomic mass is 10.1. The van der Waals surface area contributed by atoms with Gasteiger partial charge in [0.2, 0.25) is 0 Å². The van der Waals surface area contributed by atoms with E-state index in [0.29, 0.717) is 12.2 Å². The lowest BCUT2D eigenvalue weighted by molar-refractivity contribution is 0.691. The number of imidazole rings is 1. The van der Waals surface area contributed by atoms with E-state index >= 15 is 0 Å². The van der Waals surface area contributed by atoms with Gasteiger partial charge in [-0.25, -0.2) is 4.79 Å². The average molecular weight is 253 g/mol. The van der Waals surface area contributed by atoms with Crippen molar-refractivity contribution in [3.63, 3.8) is 0 Å². The van der Waals surface area contributed by atoms with Gasteiger partial charge in [-0.05, 0) is 30.2 Å². The van der Waals surface area contributed by atoms with E-state index in [1.807, 2.05) is 30.3 Å². The second kappa shape index (κ2) is 4.65. The molecule has 0 saturated carbocycles. The van der Waals surface area contributed by atoms with Gasteiger partial charge >= 0.3 is 5.69 Å². The van der Waals surface area contributed by atoms with Crippen LogP contribution >= 0.6 is 0 Å². The third-order valence-corrected chi connectivity index (χ3v) is 3.27. The third-order valence-electron chi connectivity index (χ3n) is 3.27. The van der Waals surface area contributed by atoms with E-state index in [2.05, 4.69) is 17.1 Å². The average Bonchev–Trinajstić information content (AvgIpc) is 2.73. The number of aryl methyl sites for hydroxylation is 2. The van der Waals surface area contributed by atoms with Gasteiger partial charge in [0, 0.05) is 12.2 Å². The van der Waals surface area contributed by atoms with Gasteiger partial charge in [-0.2, -0.15) is 0 Å². The summed E-state index contributed by atoms with van der Waals surface area (Å²) < 4.78 is 1.73. The molecule has 0 aliphatic rings. The zero-order valence-electron chi connectivity index (χ0n) is 10.5. The molecule has 0 aliphatic carbocycles. The van der Waals surface area contributed by atoms with Crippen LogP contribution in [0.1, 0.15) is 5.56 Å². The number of nitrogen functional groups attached to an aromatic ring is 1. The fourth-order valence-electron chi connectivity index (χ4n) is 2.28. The lowest BCUT2D eigenvalue weighted by Gasteiger charge is -2.04. The Kier molecular flexibility index (Phi) is 2.83. The van der Waals surface area contributed by atoms with E-state index in [0.717, 1.165) is 17.5 Å². The van der Waals surface area contributed by atoms with E-state index < -0.39 is 0 Å². The summed E-state index contributed by atoms with van der Waals surface area (Å²) in [4.78, 5) is 14.8. The first-order valence-electron chi connectivity index (χ1n) is 6.26. The molecule has 0 bridgehead atoms. The van der Waals surface area contributed by atoms with Gasteiger partial charge in [0.05, 0.1) is 11.0 Å². The molecular weight excluding hydrogens is 238 g/mol. The molecule has 3 N–H and O–H groups in total. The molecule has 1 heterocycles. The molecule has 1 aromatic heterocycles. The predicted molar refractivity (Wildman–Crippen MR) is 77.1 cm³/mol. The van der Waals surface area contributed by atoms with Gasteiger partial charge in [-0.15, -0.1) is 0 Å². The van der Waals surface area contributed by atoms with Crippen LogP contribution in [0.3, 0.4) is 0 Å². The Balaban J connectivity index is 1.94. The van der Waals surface area contributed by atoms with Crippen LogP contribution in [0.4, 0.5) is 5.69 Å². The summed E-state index contributed by atoms with van der Waals surface area (Å²) in [6.45, 7) is 0.645. The number of nitrogens with zero attached hydrogens (tertiary/aromatic N) is 1. The van der Waals surface area contributed by atoms with E-state index in [1.165, 1.54) is 5.56 Å². The number of hydrogen-bond donors (Lipinski definition) is 2. The molecule has 19 heavy (non-hydrogen) atoms. The zero-order valence-corrected chi connectivity index (χ0v) is 10.5. The lowest BCUT2D eigenvalue weighted by Crippen LogP contribution is -2.17. The predicted octanol–water partition coefficient (Wildman–Crippen LogP) is 2.15. The van der Waals surface area contributed by atoms with Crippen LogP contribution in [-0.2, 0) is 13.0 Å². The second-order valence-electron chi connectivity index (χ2n) is 4.59. The van der Waals surface area contributed by atoms with Gasteiger partial charge < -0.3 is 10.7 Å². The number of benzene rings is 2.